The van der Waals surface area contributed by atoms with Crippen LogP contribution in [0.25, 0.3) is 10.9 Å². The number of amides is 1. The van der Waals surface area contributed by atoms with E-state index in [0.29, 0.717) is 27.9 Å². The zero-order valence-electron chi connectivity index (χ0n) is 14.7. The van der Waals surface area contributed by atoms with Gasteiger partial charge in [-0.05, 0) is 31.9 Å². The van der Waals surface area contributed by atoms with Crippen molar-refractivity contribution in [2.75, 3.05) is 6.54 Å². The van der Waals surface area contributed by atoms with Crippen molar-refractivity contribution < 1.29 is 9.18 Å². The van der Waals surface area contributed by atoms with Gasteiger partial charge in [-0.2, -0.15) is 0 Å². The molecule has 2 aromatic heterocycles. The average Bonchev–Trinajstić information content (AvgIpc) is 2.76. The van der Waals surface area contributed by atoms with Crippen LogP contribution in [0.3, 0.4) is 0 Å². The standard InChI is InChI=1S/C17H25FN4OSi/c1-10-14-13(9-19-11(2)15(14)18)22-16(10)17(23)21-12-6-5-7-24(3,4)20-8-12/h9,12,20,22H,5-8H2,1-4H3,(H,21,23). The highest BCUT2D eigenvalue weighted by molar-refractivity contribution is 6.75. The third-order valence-corrected chi connectivity index (χ3v) is 7.71. The number of aromatic amines is 1. The molecule has 3 heterocycles. The van der Waals surface area contributed by atoms with E-state index in [1.54, 1.807) is 20.0 Å². The minimum atomic E-state index is -1.33. The summed E-state index contributed by atoms with van der Waals surface area (Å²) in [4.78, 5) is 23.3. The number of nitrogens with one attached hydrogen (secondary N) is 3. The largest absolute Gasteiger partial charge is 0.349 e. The van der Waals surface area contributed by atoms with Gasteiger partial charge in [0.05, 0.1) is 17.4 Å². The summed E-state index contributed by atoms with van der Waals surface area (Å²) >= 11 is 0. The Morgan fingerprint density at radius 3 is 2.92 bits per heavy atom. The molecule has 1 saturated heterocycles. The summed E-state index contributed by atoms with van der Waals surface area (Å²) in [5.41, 5.74) is 1.98. The molecular formula is C17H25FN4OSi. The first kappa shape index (κ1) is 17.1. The summed E-state index contributed by atoms with van der Waals surface area (Å²) in [6.07, 6.45) is 3.68. The molecule has 0 spiro atoms. The Labute approximate surface area is 142 Å². The van der Waals surface area contributed by atoms with Crippen molar-refractivity contribution in [3.05, 3.63) is 29.0 Å². The van der Waals surface area contributed by atoms with Crippen LogP contribution in [0, 0.1) is 19.7 Å². The lowest BCUT2D eigenvalue weighted by atomic mass is 10.1. The smallest absolute Gasteiger partial charge is 0.268 e. The normalized spacial score (nSPS) is 20.8. The van der Waals surface area contributed by atoms with Crippen LogP contribution in [-0.2, 0) is 0 Å². The number of fused-ring (bicyclic) bond motifs is 1. The number of pyridine rings is 1. The number of aryl methyl sites for hydroxylation is 2. The zero-order valence-corrected chi connectivity index (χ0v) is 15.7. The van der Waals surface area contributed by atoms with E-state index < -0.39 is 8.24 Å². The lowest BCUT2D eigenvalue weighted by molar-refractivity contribution is 0.0931. The fourth-order valence-electron chi connectivity index (χ4n) is 3.38. The second-order valence-corrected chi connectivity index (χ2v) is 12.0. The Kier molecular flexibility index (Phi) is 4.48. The van der Waals surface area contributed by atoms with Gasteiger partial charge in [-0.15, -0.1) is 0 Å². The van der Waals surface area contributed by atoms with Crippen LogP contribution in [0.5, 0.6) is 0 Å². The number of carbonyl (C=O) groups is 1. The number of hydrogen-bond donors (Lipinski definition) is 3. The SMILES string of the molecule is Cc1ncc2[nH]c(C(=O)NC3CCC[Si](C)(C)NC3)c(C)c2c1F. The van der Waals surface area contributed by atoms with Crippen LogP contribution >= 0.6 is 0 Å². The summed E-state index contributed by atoms with van der Waals surface area (Å²) in [5, 5.41) is 3.55. The Hall–Kier alpha value is -1.73. The van der Waals surface area contributed by atoms with Gasteiger partial charge in [0.25, 0.3) is 5.91 Å². The first-order chi connectivity index (χ1) is 11.3. The first-order valence-corrected chi connectivity index (χ1v) is 11.7. The van der Waals surface area contributed by atoms with Gasteiger partial charge in [-0.1, -0.05) is 19.5 Å². The Balaban J connectivity index is 1.82. The molecule has 130 valence electrons. The summed E-state index contributed by atoms with van der Waals surface area (Å²) in [7, 11) is -1.33. The molecular weight excluding hydrogens is 323 g/mol. The summed E-state index contributed by atoms with van der Waals surface area (Å²) in [5.74, 6) is -0.530. The highest BCUT2D eigenvalue weighted by Crippen LogP contribution is 2.25. The predicted molar refractivity (Wildman–Crippen MR) is 96.3 cm³/mol. The van der Waals surface area contributed by atoms with E-state index in [1.165, 1.54) is 6.04 Å². The van der Waals surface area contributed by atoms with E-state index in [2.05, 4.69) is 33.4 Å². The minimum absolute atomic E-state index is 0.113. The highest BCUT2D eigenvalue weighted by Gasteiger charge is 2.27. The fourth-order valence-corrected chi connectivity index (χ4v) is 5.45. The molecule has 0 aromatic carbocycles. The van der Waals surface area contributed by atoms with Crippen molar-refractivity contribution in [1.29, 1.82) is 0 Å². The Bertz CT molecular complexity index is 786. The third-order valence-electron chi connectivity index (χ3n) is 4.95. The zero-order chi connectivity index (χ0) is 17.5. The molecule has 3 N–H and O–H groups in total. The molecule has 1 unspecified atom stereocenters. The van der Waals surface area contributed by atoms with Crippen molar-refractivity contribution in [2.45, 2.75) is 51.9 Å². The maximum atomic E-state index is 14.3. The summed E-state index contributed by atoms with van der Waals surface area (Å²) in [6, 6.07) is 1.34. The van der Waals surface area contributed by atoms with Gasteiger partial charge in [0.1, 0.15) is 13.9 Å². The summed E-state index contributed by atoms with van der Waals surface area (Å²) < 4.78 is 14.3. The van der Waals surface area contributed by atoms with Crippen molar-refractivity contribution >= 4 is 25.0 Å². The van der Waals surface area contributed by atoms with Gasteiger partial charge in [0, 0.05) is 18.0 Å². The molecule has 5 nitrogen and oxygen atoms in total. The monoisotopic (exact) mass is 348 g/mol. The molecule has 1 fully saturated rings. The third kappa shape index (κ3) is 3.23. The number of halogens is 1. The number of hydrogen-bond acceptors (Lipinski definition) is 3. The van der Waals surface area contributed by atoms with E-state index in [-0.39, 0.29) is 17.8 Å². The molecule has 1 aliphatic rings. The molecule has 3 rings (SSSR count). The first-order valence-electron chi connectivity index (χ1n) is 8.48. The molecule has 1 amide bonds. The average molecular weight is 348 g/mol. The van der Waals surface area contributed by atoms with E-state index in [1.807, 2.05) is 0 Å². The number of H-pyrrole nitrogens is 1. The summed E-state index contributed by atoms with van der Waals surface area (Å²) in [6.45, 7) is 8.84. The lowest BCUT2D eigenvalue weighted by Crippen LogP contribution is -2.49. The topological polar surface area (TPSA) is 69.8 Å². The predicted octanol–water partition coefficient (Wildman–Crippen LogP) is 3.01. The van der Waals surface area contributed by atoms with Crippen LogP contribution in [0.4, 0.5) is 4.39 Å². The molecule has 1 atom stereocenters. The van der Waals surface area contributed by atoms with Crippen LogP contribution in [0.2, 0.25) is 19.1 Å². The van der Waals surface area contributed by atoms with Crippen LogP contribution in [0.15, 0.2) is 6.20 Å². The number of carbonyl (C=O) groups excluding carboxylic acids is 1. The fraction of sp³-hybridized carbons (Fsp3) is 0.529. The molecule has 24 heavy (non-hydrogen) atoms. The van der Waals surface area contributed by atoms with Crippen molar-refractivity contribution in [1.82, 2.24) is 20.3 Å². The number of rotatable bonds is 2. The van der Waals surface area contributed by atoms with Crippen molar-refractivity contribution in [2.24, 2.45) is 0 Å². The second-order valence-electron chi connectivity index (χ2n) is 7.40. The van der Waals surface area contributed by atoms with Gasteiger partial charge >= 0.3 is 0 Å². The maximum Gasteiger partial charge on any atom is 0.268 e. The molecule has 0 radical (unpaired) electrons. The highest BCUT2D eigenvalue weighted by atomic mass is 28.3. The number of nitrogens with zero attached hydrogens (tertiary/aromatic N) is 1. The lowest BCUT2D eigenvalue weighted by Gasteiger charge is -2.22. The van der Waals surface area contributed by atoms with E-state index >= 15 is 0 Å². The van der Waals surface area contributed by atoms with Gasteiger partial charge in [-0.3, -0.25) is 9.78 Å². The van der Waals surface area contributed by atoms with Gasteiger partial charge in [0.15, 0.2) is 5.82 Å². The van der Waals surface area contributed by atoms with Crippen molar-refractivity contribution in [3.8, 4) is 0 Å². The van der Waals surface area contributed by atoms with Crippen molar-refractivity contribution in [3.63, 3.8) is 0 Å². The van der Waals surface area contributed by atoms with E-state index in [9.17, 15) is 9.18 Å². The molecule has 0 saturated carbocycles. The van der Waals surface area contributed by atoms with E-state index in [4.69, 9.17) is 0 Å². The number of aromatic nitrogens is 2. The van der Waals surface area contributed by atoms with Crippen LogP contribution < -0.4 is 10.3 Å². The Morgan fingerprint density at radius 2 is 2.17 bits per heavy atom. The van der Waals surface area contributed by atoms with Crippen LogP contribution in [-0.4, -0.2) is 36.7 Å². The van der Waals surface area contributed by atoms with Gasteiger partial charge < -0.3 is 15.3 Å². The van der Waals surface area contributed by atoms with Gasteiger partial charge in [-0.25, -0.2) is 4.39 Å². The maximum absolute atomic E-state index is 14.3. The minimum Gasteiger partial charge on any atom is -0.349 e. The quantitative estimate of drug-likeness (QED) is 0.731. The molecule has 1 aliphatic heterocycles. The van der Waals surface area contributed by atoms with E-state index in [0.717, 1.165) is 19.4 Å². The molecule has 2 aromatic rings. The molecule has 0 bridgehead atoms. The second kappa shape index (κ2) is 6.29. The molecule has 7 heteroatoms. The molecule has 0 aliphatic carbocycles. The van der Waals surface area contributed by atoms with Gasteiger partial charge in [0.2, 0.25) is 0 Å². The van der Waals surface area contributed by atoms with Crippen LogP contribution in [0.1, 0.15) is 34.6 Å². The Morgan fingerprint density at radius 1 is 1.42 bits per heavy atom.